The van der Waals surface area contributed by atoms with Crippen molar-refractivity contribution in [2.45, 2.75) is 19.4 Å². The molecule has 0 fully saturated rings. The van der Waals surface area contributed by atoms with E-state index in [9.17, 15) is 0 Å². The molecule has 0 amide bonds. The van der Waals surface area contributed by atoms with Crippen LogP contribution < -0.4 is 0 Å². The molecule has 0 saturated heterocycles. The van der Waals surface area contributed by atoms with E-state index in [0.717, 1.165) is 0 Å². The highest BCUT2D eigenvalue weighted by Crippen LogP contribution is 1.91. The van der Waals surface area contributed by atoms with Crippen molar-refractivity contribution in [3.05, 3.63) is 0 Å². The van der Waals surface area contributed by atoms with Crippen LogP contribution in [0.4, 0.5) is 0 Å². The average Bonchev–Trinajstić information content (AvgIpc) is 2.16. The van der Waals surface area contributed by atoms with Gasteiger partial charge in [0, 0.05) is 13.0 Å². The third-order valence-corrected chi connectivity index (χ3v) is 1.26. The Labute approximate surface area is 78.5 Å². The fourth-order valence-corrected chi connectivity index (χ4v) is 0.682. The molecule has 0 aliphatic rings. The molecule has 0 aromatic rings. The standard InChI is InChI=1S/C9H16O4/c1-2-13-9(7-11)8-12-6-4-3-5-10/h9-11H,2-3,5,7-8H2,1H3. The molecule has 0 aromatic carbocycles. The number of hydrogen-bond acceptors (Lipinski definition) is 4. The summed E-state index contributed by atoms with van der Waals surface area (Å²) in [6.45, 7) is 2.60. The van der Waals surface area contributed by atoms with Gasteiger partial charge in [-0.1, -0.05) is 5.92 Å². The van der Waals surface area contributed by atoms with Crippen LogP contribution in [0.25, 0.3) is 0 Å². The first kappa shape index (κ1) is 12.2. The summed E-state index contributed by atoms with van der Waals surface area (Å²) in [5.41, 5.74) is 0. The average molecular weight is 188 g/mol. The Morgan fingerprint density at radius 1 is 1.38 bits per heavy atom. The van der Waals surface area contributed by atoms with E-state index in [1.54, 1.807) is 0 Å². The van der Waals surface area contributed by atoms with E-state index in [4.69, 9.17) is 19.7 Å². The van der Waals surface area contributed by atoms with Crippen LogP contribution in [0.2, 0.25) is 0 Å². The predicted molar refractivity (Wildman–Crippen MR) is 47.9 cm³/mol. The minimum Gasteiger partial charge on any atom is -0.444 e. The zero-order valence-electron chi connectivity index (χ0n) is 7.82. The van der Waals surface area contributed by atoms with Gasteiger partial charge in [-0.3, -0.25) is 0 Å². The Kier molecular flexibility index (Phi) is 8.78. The summed E-state index contributed by atoms with van der Waals surface area (Å²) in [4.78, 5) is 0. The summed E-state index contributed by atoms with van der Waals surface area (Å²) in [7, 11) is 0. The quantitative estimate of drug-likeness (QED) is 0.564. The molecule has 0 saturated carbocycles. The first-order valence-corrected chi connectivity index (χ1v) is 4.28. The van der Waals surface area contributed by atoms with Crippen molar-refractivity contribution in [2.24, 2.45) is 0 Å². The van der Waals surface area contributed by atoms with E-state index in [-0.39, 0.29) is 25.9 Å². The smallest absolute Gasteiger partial charge is 0.128 e. The van der Waals surface area contributed by atoms with Crippen LogP contribution in [0.1, 0.15) is 13.3 Å². The highest BCUT2D eigenvalue weighted by Gasteiger charge is 2.05. The molecule has 4 nitrogen and oxygen atoms in total. The molecule has 0 aliphatic heterocycles. The molecule has 0 rings (SSSR count). The van der Waals surface area contributed by atoms with Crippen molar-refractivity contribution < 1.29 is 19.7 Å². The number of rotatable bonds is 6. The summed E-state index contributed by atoms with van der Waals surface area (Å²) in [5.74, 6) is 2.60. The van der Waals surface area contributed by atoms with Crippen LogP contribution in [0.15, 0.2) is 0 Å². The molecule has 1 atom stereocenters. The largest absolute Gasteiger partial charge is 0.444 e. The molecule has 0 radical (unpaired) electrons. The van der Waals surface area contributed by atoms with Crippen LogP contribution >= 0.6 is 0 Å². The minimum atomic E-state index is -0.312. The molecule has 0 bridgehead atoms. The number of ether oxygens (including phenoxy) is 2. The van der Waals surface area contributed by atoms with E-state index >= 15 is 0 Å². The van der Waals surface area contributed by atoms with Gasteiger partial charge in [-0.05, 0) is 6.92 Å². The van der Waals surface area contributed by atoms with Crippen LogP contribution in [0.5, 0.6) is 0 Å². The zero-order valence-corrected chi connectivity index (χ0v) is 7.82. The van der Waals surface area contributed by atoms with Gasteiger partial charge in [-0.15, -0.1) is 0 Å². The summed E-state index contributed by atoms with van der Waals surface area (Å²) >= 11 is 0. The molecule has 0 heterocycles. The Balaban J connectivity index is 3.44. The van der Waals surface area contributed by atoms with Crippen LogP contribution in [0.3, 0.4) is 0 Å². The SMILES string of the molecule is CCOC(CO)COC#CCCO. The number of aliphatic hydroxyl groups is 2. The number of aliphatic hydroxyl groups excluding tert-OH is 2. The van der Waals surface area contributed by atoms with Crippen molar-refractivity contribution in [3.63, 3.8) is 0 Å². The lowest BCUT2D eigenvalue weighted by molar-refractivity contribution is -0.0140. The van der Waals surface area contributed by atoms with Gasteiger partial charge in [0.1, 0.15) is 18.8 Å². The molecule has 0 aromatic heterocycles. The second-order valence-electron chi connectivity index (χ2n) is 2.32. The minimum absolute atomic E-state index is 0.0330. The predicted octanol–water partition coefficient (Wildman–Crippen LogP) is -0.256. The van der Waals surface area contributed by atoms with E-state index in [0.29, 0.717) is 13.0 Å². The maximum atomic E-state index is 8.77. The van der Waals surface area contributed by atoms with Gasteiger partial charge in [0.05, 0.1) is 13.2 Å². The summed E-state index contributed by atoms with van der Waals surface area (Å²) < 4.78 is 9.99. The van der Waals surface area contributed by atoms with E-state index in [1.807, 2.05) is 6.92 Å². The van der Waals surface area contributed by atoms with Crippen molar-refractivity contribution in [3.8, 4) is 12.0 Å². The lowest BCUT2D eigenvalue weighted by Crippen LogP contribution is -2.22. The molecule has 76 valence electrons. The maximum Gasteiger partial charge on any atom is 0.128 e. The zero-order chi connectivity index (χ0) is 9.94. The second kappa shape index (κ2) is 9.33. The van der Waals surface area contributed by atoms with Gasteiger partial charge in [0.25, 0.3) is 0 Å². The highest BCUT2D eigenvalue weighted by molar-refractivity contribution is 4.91. The molecule has 4 heteroatoms. The molecule has 0 spiro atoms. The fraction of sp³-hybridized carbons (Fsp3) is 0.778. The van der Waals surface area contributed by atoms with Crippen molar-refractivity contribution in [1.29, 1.82) is 0 Å². The first-order chi connectivity index (χ1) is 6.35. The van der Waals surface area contributed by atoms with Crippen LogP contribution in [-0.4, -0.2) is 42.7 Å². The third-order valence-electron chi connectivity index (χ3n) is 1.26. The van der Waals surface area contributed by atoms with Gasteiger partial charge < -0.3 is 19.7 Å². The van der Waals surface area contributed by atoms with E-state index < -0.39 is 0 Å². The molecular weight excluding hydrogens is 172 g/mol. The molecule has 0 aliphatic carbocycles. The maximum absolute atomic E-state index is 8.77. The fourth-order valence-electron chi connectivity index (χ4n) is 0.682. The topological polar surface area (TPSA) is 58.9 Å². The molecule has 13 heavy (non-hydrogen) atoms. The Morgan fingerprint density at radius 3 is 2.69 bits per heavy atom. The molecule has 2 N–H and O–H groups in total. The Morgan fingerprint density at radius 2 is 2.15 bits per heavy atom. The van der Waals surface area contributed by atoms with Crippen LogP contribution in [0, 0.1) is 12.0 Å². The Bertz CT molecular complexity index is 159. The monoisotopic (exact) mass is 188 g/mol. The van der Waals surface area contributed by atoms with E-state index in [1.165, 1.54) is 0 Å². The van der Waals surface area contributed by atoms with Gasteiger partial charge >= 0.3 is 0 Å². The van der Waals surface area contributed by atoms with Gasteiger partial charge in [-0.2, -0.15) is 0 Å². The van der Waals surface area contributed by atoms with Crippen molar-refractivity contribution in [2.75, 3.05) is 26.4 Å². The lowest BCUT2D eigenvalue weighted by Gasteiger charge is -2.11. The first-order valence-electron chi connectivity index (χ1n) is 4.28. The highest BCUT2D eigenvalue weighted by atomic mass is 16.5. The molecule has 1 unspecified atom stereocenters. The summed E-state index contributed by atoms with van der Waals surface area (Å²) in [6.07, 6.45) is 2.50. The molecular formula is C9H16O4. The summed E-state index contributed by atoms with van der Waals surface area (Å²) in [5, 5.41) is 17.1. The summed E-state index contributed by atoms with van der Waals surface area (Å²) in [6, 6.07) is 0. The van der Waals surface area contributed by atoms with E-state index in [2.05, 4.69) is 12.0 Å². The normalized spacial score (nSPS) is 11.6. The van der Waals surface area contributed by atoms with Crippen molar-refractivity contribution >= 4 is 0 Å². The number of hydrogen-bond donors (Lipinski definition) is 2. The second-order valence-corrected chi connectivity index (χ2v) is 2.32. The third kappa shape index (κ3) is 7.60. The van der Waals surface area contributed by atoms with Gasteiger partial charge in [0.15, 0.2) is 0 Å². The Hall–Kier alpha value is -0.760. The lowest BCUT2D eigenvalue weighted by atomic mass is 10.4. The van der Waals surface area contributed by atoms with Crippen molar-refractivity contribution in [1.82, 2.24) is 0 Å². The van der Waals surface area contributed by atoms with Gasteiger partial charge in [-0.25, -0.2) is 0 Å². The van der Waals surface area contributed by atoms with Gasteiger partial charge in [0.2, 0.25) is 0 Å². The van der Waals surface area contributed by atoms with Crippen LogP contribution in [-0.2, 0) is 9.47 Å².